The molecule has 0 aliphatic carbocycles. The lowest BCUT2D eigenvalue weighted by atomic mass is 9.76. The Morgan fingerprint density at radius 1 is 0.786 bits per heavy atom. The number of allylic oxidation sites excluding steroid dienone is 1. The molecule has 0 bridgehead atoms. The van der Waals surface area contributed by atoms with Gasteiger partial charge in [-0.25, -0.2) is 0 Å². The first kappa shape index (κ1) is 18.5. The number of benzene rings is 3. The highest BCUT2D eigenvalue weighted by Crippen LogP contribution is 2.56. The fraction of sp³-hybridized carbons (Fsp3) is 0.231. The van der Waals surface area contributed by atoms with Crippen LogP contribution >= 0.6 is 0 Å². The third-order valence-corrected chi connectivity index (χ3v) is 5.62. The van der Waals surface area contributed by atoms with Gasteiger partial charge in [-0.3, -0.25) is 0 Å². The molecule has 0 spiro atoms. The first-order valence-corrected chi connectivity index (χ1v) is 9.61. The third-order valence-electron chi connectivity index (χ3n) is 5.62. The molecular formula is C26H26O2. The average molecular weight is 370 g/mol. The Hall–Kier alpha value is -2.84. The first-order valence-electron chi connectivity index (χ1n) is 9.61. The summed E-state index contributed by atoms with van der Waals surface area (Å²) < 4.78 is 12.8. The van der Waals surface area contributed by atoms with Gasteiger partial charge in [-0.2, -0.15) is 0 Å². The number of fused-ring (bicyclic) bond motifs is 1. The topological polar surface area (TPSA) is 18.5 Å². The van der Waals surface area contributed by atoms with Crippen LogP contribution < -0.4 is 4.74 Å². The van der Waals surface area contributed by atoms with Gasteiger partial charge in [-0.05, 0) is 43.5 Å². The highest BCUT2D eigenvalue weighted by molar-refractivity contribution is 5.70. The van der Waals surface area contributed by atoms with Gasteiger partial charge in [0.2, 0.25) is 0 Å². The monoisotopic (exact) mass is 370 g/mol. The highest BCUT2D eigenvalue weighted by atomic mass is 16.5. The van der Waals surface area contributed by atoms with Crippen molar-refractivity contribution >= 4 is 5.57 Å². The van der Waals surface area contributed by atoms with Crippen LogP contribution in [-0.4, -0.2) is 7.11 Å². The van der Waals surface area contributed by atoms with E-state index in [-0.39, 0.29) is 0 Å². The maximum atomic E-state index is 6.99. The van der Waals surface area contributed by atoms with E-state index >= 15 is 0 Å². The van der Waals surface area contributed by atoms with E-state index in [0.717, 1.165) is 33.6 Å². The Kier molecular flexibility index (Phi) is 4.40. The Labute approximate surface area is 167 Å². The average Bonchev–Trinajstić information content (AvgIpc) is 2.96. The molecule has 1 unspecified atom stereocenters. The molecule has 0 saturated heterocycles. The fourth-order valence-electron chi connectivity index (χ4n) is 4.45. The van der Waals surface area contributed by atoms with E-state index in [1.54, 1.807) is 7.11 Å². The van der Waals surface area contributed by atoms with Crippen LogP contribution in [0.3, 0.4) is 0 Å². The van der Waals surface area contributed by atoms with Crippen LogP contribution in [0, 0.1) is 0 Å². The van der Waals surface area contributed by atoms with Gasteiger partial charge in [-0.1, -0.05) is 78.9 Å². The van der Waals surface area contributed by atoms with Crippen LogP contribution in [0.25, 0.3) is 5.57 Å². The third kappa shape index (κ3) is 2.60. The van der Waals surface area contributed by atoms with Gasteiger partial charge in [0.05, 0.1) is 12.7 Å². The summed E-state index contributed by atoms with van der Waals surface area (Å²) in [5.41, 5.74) is 5.32. The van der Waals surface area contributed by atoms with Crippen molar-refractivity contribution in [3.05, 3.63) is 107 Å². The van der Waals surface area contributed by atoms with Crippen LogP contribution in [0.4, 0.5) is 0 Å². The summed E-state index contributed by atoms with van der Waals surface area (Å²) in [6.45, 7) is 10.5. The molecule has 1 atom stereocenters. The van der Waals surface area contributed by atoms with Gasteiger partial charge in [0.1, 0.15) is 11.4 Å². The maximum absolute atomic E-state index is 6.99. The Morgan fingerprint density at radius 2 is 1.32 bits per heavy atom. The second-order valence-electron chi connectivity index (χ2n) is 7.87. The highest BCUT2D eigenvalue weighted by Gasteiger charge is 2.53. The van der Waals surface area contributed by atoms with E-state index in [2.05, 4.69) is 75.0 Å². The summed E-state index contributed by atoms with van der Waals surface area (Å²) in [5.74, 6) is 0.812. The zero-order valence-electron chi connectivity index (χ0n) is 17.0. The molecule has 1 aliphatic rings. The lowest BCUT2D eigenvalue weighted by Crippen LogP contribution is -2.33. The number of hydrogen-bond donors (Lipinski definition) is 0. The summed E-state index contributed by atoms with van der Waals surface area (Å²) in [6, 6.07) is 25.0. The number of methoxy groups -OCH3 is 1. The van der Waals surface area contributed by atoms with Gasteiger partial charge >= 0.3 is 0 Å². The zero-order chi connectivity index (χ0) is 19.9. The second-order valence-corrected chi connectivity index (χ2v) is 7.87. The summed E-state index contributed by atoms with van der Waals surface area (Å²) >= 11 is 0. The predicted octanol–water partition coefficient (Wildman–Crippen LogP) is 6.29. The molecule has 0 amide bonds. The van der Waals surface area contributed by atoms with Gasteiger partial charge in [0, 0.05) is 11.1 Å². The van der Waals surface area contributed by atoms with Crippen molar-refractivity contribution in [1.82, 2.24) is 0 Å². The number of hydrogen-bond acceptors (Lipinski definition) is 2. The van der Waals surface area contributed by atoms with Crippen molar-refractivity contribution in [2.75, 3.05) is 7.11 Å². The molecule has 0 fully saturated rings. The Balaban J connectivity index is 2.16. The van der Waals surface area contributed by atoms with Crippen LogP contribution in [0.1, 0.15) is 48.6 Å². The SMILES string of the molecule is C=C(C)c1ccccc1C1(c2ccccc2OC)OC(C)(C)c2ccccc21. The van der Waals surface area contributed by atoms with Gasteiger partial charge in [0.15, 0.2) is 0 Å². The Bertz CT molecular complexity index is 1050. The molecule has 28 heavy (non-hydrogen) atoms. The molecule has 0 aromatic heterocycles. The Morgan fingerprint density at radius 3 is 1.96 bits per heavy atom. The molecule has 4 rings (SSSR count). The molecular weight excluding hydrogens is 344 g/mol. The summed E-state index contributed by atoms with van der Waals surface area (Å²) in [5, 5.41) is 0. The molecule has 1 heterocycles. The van der Waals surface area contributed by atoms with Crippen LogP contribution in [0.15, 0.2) is 79.4 Å². The molecule has 1 aliphatic heterocycles. The van der Waals surface area contributed by atoms with E-state index in [4.69, 9.17) is 9.47 Å². The molecule has 0 N–H and O–H groups in total. The first-order chi connectivity index (χ1) is 13.4. The number of rotatable bonds is 4. The van der Waals surface area contributed by atoms with E-state index in [1.807, 2.05) is 25.1 Å². The largest absolute Gasteiger partial charge is 0.496 e. The van der Waals surface area contributed by atoms with Crippen LogP contribution in [0.5, 0.6) is 5.75 Å². The van der Waals surface area contributed by atoms with Crippen molar-refractivity contribution in [3.8, 4) is 5.75 Å². The molecule has 3 aromatic carbocycles. The summed E-state index contributed by atoms with van der Waals surface area (Å²) in [6.07, 6.45) is 0. The van der Waals surface area contributed by atoms with Crippen molar-refractivity contribution in [1.29, 1.82) is 0 Å². The standard InChI is InChI=1S/C26H26O2/c1-18(2)19-12-6-7-13-20(19)26(23-16-10-11-17-24(23)27-5)22-15-9-8-14-21(22)25(3,4)28-26/h6-17H,1H2,2-5H3. The number of ether oxygens (including phenoxy) is 2. The maximum Gasteiger partial charge on any atom is 0.149 e. The van der Waals surface area contributed by atoms with Crippen molar-refractivity contribution in [2.45, 2.75) is 32.0 Å². The fourth-order valence-corrected chi connectivity index (χ4v) is 4.45. The molecule has 3 aromatic rings. The van der Waals surface area contributed by atoms with E-state index in [0.29, 0.717) is 0 Å². The van der Waals surface area contributed by atoms with Crippen molar-refractivity contribution < 1.29 is 9.47 Å². The zero-order valence-corrected chi connectivity index (χ0v) is 17.0. The predicted molar refractivity (Wildman–Crippen MR) is 115 cm³/mol. The summed E-state index contributed by atoms with van der Waals surface area (Å²) in [7, 11) is 1.71. The molecule has 2 nitrogen and oxygen atoms in total. The number of para-hydroxylation sites is 1. The van der Waals surface area contributed by atoms with E-state index < -0.39 is 11.2 Å². The lowest BCUT2D eigenvalue weighted by Gasteiger charge is -2.36. The lowest BCUT2D eigenvalue weighted by molar-refractivity contribution is -0.0812. The van der Waals surface area contributed by atoms with Gasteiger partial charge in [0.25, 0.3) is 0 Å². The normalized spacial score (nSPS) is 19.9. The smallest absolute Gasteiger partial charge is 0.149 e. The molecule has 0 saturated carbocycles. The van der Waals surface area contributed by atoms with Gasteiger partial charge in [-0.15, -0.1) is 0 Å². The van der Waals surface area contributed by atoms with E-state index in [9.17, 15) is 0 Å². The minimum Gasteiger partial charge on any atom is -0.496 e. The van der Waals surface area contributed by atoms with Crippen LogP contribution in [0.2, 0.25) is 0 Å². The van der Waals surface area contributed by atoms with Gasteiger partial charge < -0.3 is 9.47 Å². The van der Waals surface area contributed by atoms with Crippen molar-refractivity contribution in [3.63, 3.8) is 0 Å². The molecule has 0 radical (unpaired) electrons. The van der Waals surface area contributed by atoms with Crippen LogP contribution in [-0.2, 0) is 15.9 Å². The molecule has 142 valence electrons. The van der Waals surface area contributed by atoms with Crippen molar-refractivity contribution in [2.24, 2.45) is 0 Å². The summed E-state index contributed by atoms with van der Waals surface area (Å²) in [4.78, 5) is 0. The minimum absolute atomic E-state index is 0.445. The van der Waals surface area contributed by atoms with E-state index in [1.165, 1.54) is 5.56 Å². The minimum atomic E-state index is -0.776. The second kappa shape index (κ2) is 6.65. The quantitative estimate of drug-likeness (QED) is 0.538. The molecule has 2 heteroatoms.